The summed E-state index contributed by atoms with van der Waals surface area (Å²) in [6.07, 6.45) is 0.943. The molecular formula is C24H43N5O4S. The van der Waals surface area contributed by atoms with Gasteiger partial charge in [-0.05, 0) is 55.5 Å². The third kappa shape index (κ3) is 11.1. The normalized spacial score (nSPS) is 19.6. The zero-order valence-electron chi connectivity index (χ0n) is 20.9. The van der Waals surface area contributed by atoms with E-state index in [4.69, 9.17) is 5.26 Å². The Kier molecular flexibility index (Phi) is 16.8. The number of nitriles is 1. The Balaban J connectivity index is 0.00000544. The van der Waals surface area contributed by atoms with Crippen molar-refractivity contribution in [3.63, 3.8) is 0 Å². The van der Waals surface area contributed by atoms with Crippen molar-refractivity contribution in [1.82, 2.24) is 19.6 Å². The summed E-state index contributed by atoms with van der Waals surface area (Å²) in [7, 11) is 0. The van der Waals surface area contributed by atoms with Crippen LogP contribution < -0.4 is 0 Å². The van der Waals surface area contributed by atoms with Crippen molar-refractivity contribution in [2.75, 3.05) is 72.0 Å². The molecule has 194 valence electrons. The summed E-state index contributed by atoms with van der Waals surface area (Å²) < 4.78 is 0. The van der Waals surface area contributed by atoms with Gasteiger partial charge in [0.25, 0.3) is 0 Å². The van der Waals surface area contributed by atoms with Crippen LogP contribution in [0.3, 0.4) is 0 Å². The van der Waals surface area contributed by atoms with E-state index in [2.05, 4.69) is 57.9 Å². The highest BCUT2D eigenvalue weighted by Gasteiger charge is 2.23. The maximum atomic E-state index is 11.4. The van der Waals surface area contributed by atoms with E-state index in [0.29, 0.717) is 6.04 Å². The molecule has 0 aromatic heterocycles. The van der Waals surface area contributed by atoms with Gasteiger partial charge in [0.2, 0.25) is 0 Å². The van der Waals surface area contributed by atoms with Crippen molar-refractivity contribution in [3.05, 3.63) is 29.8 Å². The fourth-order valence-corrected chi connectivity index (χ4v) is 4.71. The highest BCUT2D eigenvalue weighted by atomic mass is 32.2. The molecule has 5 N–H and O–H groups in total. The van der Waals surface area contributed by atoms with Gasteiger partial charge in [0.05, 0.1) is 6.54 Å². The Bertz CT molecular complexity index is 731. The maximum Gasteiger partial charge on any atom is 0.317 e. The summed E-state index contributed by atoms with van der Waals surface area (Å²) >= 11 is 1.19. The standard InChI is InChI=1S/C24H39N5O2S.2H2O/c1-4-26-11-13-27(5-2)18-22(17-21-7-9-23(10-8-21)32-20-25)29(6-3)16-15-28(14-12-26)19-24(30)31;;/h7-10,22H,4-6,11-19H2,1-3H3,(H,30,31);2*1H2. The van der Waals surface area contributed by atoms with Gasteiger partial charge >= 0.3 is 5.97 Å². The number of hydrogen-bond acceptors (Lipinski definition) is 7. The smallest absolute Gasteiger partial charge is 0.317 e. The largest absolute Gasteiger partial charge is 0.480 e. The third-order valence-electron chi connectivity index (χ3n) is 6.37. The zero-order chi connectivity index (χ0) is 23.3. The first-order chi connectivity index (χ1) is 15.5. The van der Waals surface area contributed by atoms with Crippen LogP contribution in [-0.4, -0.2) is 120 Å². The van der Waals surface area contributed by atoms with Gasteiger partial charge in [-0.2, -0.15) is 5.26 Å². The second kappa shape index (κ2) is 17.7. The molecule has 9 nitrogen and oxygen atoms in total. The maximum absolute atomic E-state index is 11.4. The van der Waals surface area contributed by atoms with Gasteiger partial charge in [0, 0.05) is 56.8 Å². The molecule has 34 heavy (non-hydrogen) atoms. The van der Waals surface area contributed by atoms with Crippen LogP contribution in [0, 0.1) is 10.7 Å². The van der Waals surface area contributed by atoms with Crippen LogP contribution in [0.2, 0.25) is 0 Å². The fourth-order valence-electron chi connectivity index (χ4n) is 4.33. The van der Waals surface area contributed by atoms with E-state index in [0.717, 1.165) is 76.8 Å². The molecule has 0 aliphatic carbocycles. The van der Waals surface area contributed by atoms with Crippen LogP contribution in [0.1, 0.15) is 26.3 Å². The van der Waals surface area contributed by atoms with Gasteiger partial charge in [-0.25, -0.2) is 0 Å². The minimum absolute atomic E-state index is 0. The van der Waals surface area contributed by atoms with Crippen LogP contribution in [0.15, 0.2) is 29.2 Å². The molecule has 0 radical (unpaired) electrons. The molecule has 0 amide bonds. The van der Waals surface area contributed by atoms with E-state index in [9.17, 15) is 9.90 Å². The quantitative estimate of drug-likeness (QED) is 0.413. The van der Waals surface area contributed by atoms with Crippen molar-refractivity contribution in [2.24, 2.45) is 0 Å². The van der Waals surface area contributed by atoms with Crippen molar-refractivity contribution < 1.29 is 20.9 Å². The second-order valence-corrected chi connectivity index (χ2v) is 9.18. The van der Waals surface area contributed by atoms with E-state index < -0.39 is 5.97 Å². The average Bonchev–Trinajstić information content (AvgIpc) is 2.78. The molecule has 0 spiro atoms. The van der Waals surface area contributed by atoms with E-state index in [1.807, 2.05) is 12.1 Å². The molecule has 1 fully saturated rings. The Morgan fingerprint density at radius 2 is 1.50 bits per heavy atom. The number of thioether (sulfide) groups is 1. The van der Waals surface area contributed by atoms with Crippen molar-refractivity contribution in [3.8, 4) is 5.40 Å². The molecule has 1 aromatic carbocycles. The molecule has 10 heteroatoms. The lowest BCUT2D eigenvalue weighted by atomic mass is 10.0. The Labute approximate surface area is 208 Å². The van der Waals surface area contributed by atoms with Crippen LogP contribution in [0.5, 0.6) is 0 Å². The predicted molar refractivity (Wildman–Crippen MR) is 138 cm³/mol. The van der Waals surface area contributed by atoms with Gasteiger partial charge < -0.3 is 25.9 Å². The lowest BCUT2D eigenvalue weighted by Crippen LogP contribution is -2.51. The number of carbonyl (C=O) groups is 1. The number of thiocyanates is 1. The van der Waals surface area contributed by atoms with Gasteiger partial charge in [-0.3, -0.25) is 14.6 Å². The number of nitrogens with zero attached hydrogens (tertiary/aromatic N) is 5. The SMILES string of the molecule is CCN1CCN(CC(=O)O)CCN(CC)C(Cc2ccc(SC#N)cc2)CN(CC)CC1.O.O. The van der Waals surface area contributed by atoms with Gasteiger partial charge in [0.15, 0.2) is 0 Å². The minimum Gasteiger partial charge on any atom is -0.480 e. The Morgan fingerprint density at radius 1 is 0.941 bits per heavy atom. The summed E-state index contributed by atoms with van der Waals surface area (Å²) in [6.45, 7) is 16.0. The van der Waals surface area contributed by atoms with Crippen molar-refractivity contribution >= 4 is 17.7 Å². The number of aliphatic carboxylic acids is 1. The van der Waals surface area contributed by atoms with Crippen LogP contribution >= 0.6 is 11.8 Å². The average molecular weight is 498 g/mol. The lowest BCUT2D eigenvalue weighted by Gasteiger charge is -2.38. The summed E-state index contributed by atoms with van der Waals surface area (Å²) in [5, 5.41) is 20.4. The highest BCUT2D eigenvalue weighted by Crippen LogP contribution is 2.19. The molecule has 1 unspecified atom stereocenters. The van der Waals surface area contributed by atoms with Crippen molar-refractivity contribution in [1.29, 1.82) is 5.26 Å². The molecule has 2 rings (SSSR count). The highest BCUT2D eigenvalue weighted by molar-refractivity contribution is 8.03. The molecular weight excluding hydrogens is 454 g/mol. The Morgan fingerprint density at radius 3 is 2.03 bits per heavy atom. The van der Waals surface area contributed by atoms with Gasteiger partial charge in [0.1, 0.15) is 5.40 Å². The van der Waals surface area contributed by atoms with E-state index in [1.54, 1.807) is 0 Å². The third-order valence-corrected chi connectivity index (χ3v) is 6.97. The second-order valence-electron chi connectivity index (χ2n) is 8.32. The topological polar surface area (TPSA) is 137 Å². The fraction of sp³-hybridized carbons (Fsp3) is 0.667. The molecule has 1 aliphatic rings. The summed E-state index contributed by atoms with van der Waals surface area (Å²) in [5.41, 5.74) is 1.27. The summed E-state index contributed by atoms with van der Waals surface area (Å²) in [4.78, 5) is 21.9. The molecule has 1 heterocycles. The number of benzene rings is 1. The minimum atomic E-state index is -0.757. The lowest BCUT2D eigenvalue weighted by molar-refractivity contribution is -0.138. The van der Waals surface area contributed by atoms with E-state index >= 15 is 0 Å². The first kappa shape index (κ1) is 32.3. The van der Waals surface area contributed by atoms with E-state index in [-0.39, 0.29) is 17.5 Å². The first-order valence-corrected chi connectivity index (χ1v) is 12.6. The number of likely N-dealkylation sites (N-methyl/N-ethyl adjacent to an activating group) is 3. The molecule has 0 saturated carbocycles. The molecule has 1 saturated heterocycles. The first-order valence-electron chi connectivity index (χ1n) is 11.8. The number of rotatable bonds is 8. The van der Waals surface area contributed by atoms with Crippen molar-refractivity contribution in [2.45, 2.75) is 38.1 Å². The molecule has 1 aromatic rings. The van der Waals surface area contributed by atoms with Crippen LogP contribution in [-0.2, 0) is 11.2 Å². The summed E-state index contributed by atoms with van der Waals surface area (Å²) in [6, 6.07) is 8.68. The van der Waals surface area contributed by atoms with Gasteiger partial charge in [-0.1, -0.05) is 32.9 Å². The summed E-state index contributed by atoms with van der Waals surface area (Å²) in [5.74, 6) is -0.757. The number of hydrogen-bond donors (Lipinski definition) is 1. The van der Waals surface area contributed by atoms with Crippen LogP contribution in [0.25, 0.3) is 0 Å². The molecule has 1 atom stereocenters. The van der Waals surface area contributed by atoms with Crippen LogP contribution in [0.4, 0.5) is 0 Å². The Hall–Kier alpha value is -1.71. The molecule has 1 aliphatic heterocycles. The van der Waals surface area contributed by atoms with Gasteiger partial charge in [-0.15, -0.1) is 0 Å². The number of carboxylic acids is 1. The zero-order valence-corrected chi connectivity index (χ0v) is 21.7. The molecule has 0 bridgehead atoms. The monoisotopic (exact) mass is 497 g/mol. The number of carboxylic acid groups (broad SMARTS) is 1. The predicted octanol–water partition coefficient (Wildman–Crippen LogP) is 0.887. The van der Waals surface area contributed by atoms with E-state index in [1.165, 1.54) is 17.3 Å².